The van der Waals surface area contributed by atoms with Gasteiger partial charge in [-0.2, -0.15) is 9.59 Å². The Balaban J connectivity index is 0.000000215. The van der Waals surface area contributed by atoms with Crippen molar-refractivity contribution < 1.29 is 109 Å². The van der Waals surface area contributed by atoms with Crippen molar-refractivity contribution >= 4 is 98.7 Å². The lowest BCUT2D eigenvalue weighted by Crippen LogP contribution is -2.55. The normalized spacial score (nSPS) is 14.4. The minimum Gasteiger partial charge on any atom is -0.480 e. The molecular formula is C92H109F3N8O20. The van der Waals surface area contributed by atoms with E-state index < -0.39 is 83.8 Å². The number of aromatic nitrogens is 3. The molecule has 0 saturated carbocycles. The first-order chi connectivity index (χ1) is 58.7. The van der Waals surface area contributed by atoms with Gasteiger partial charge in [-0.25, -0.2) is 27.6 Å². The molecule has 3 unspecified atom stereocenters. The van der Waals surface area contributed by atoms with Gasteiger partial charge in [-0.3, -0.25) is 48.7 Å². The lowest BCUT2D eigenvalue weighted by atomic mass is 9.95. The van der Waals surface area contributed by atoms with E-state index in [2.05, 4.69) is 25.9 Å². The molecule has 4 amide bonds. The Bertz CT molecular complexity index is 5200. The van der Waals surface area contributed by atoms with Gasteiger partial charge >= 0.3 is 54.2 Å². The van der Waals surface area contributed by atoms with Crippen LogP contribution in [0, 0.1) is 17.5 Å². The zero-order chi connectivity index (χ0) is 89.8. The number of para-hydroxylation sites is 3. The number of ether oxygens (including phenoxy) is 7. The number of aliphatic carboxylic acids is 1. The Morgan fingerprint density at radius 1 is 0.455 bits per heavy atom. The Morgan fingerprint density at radius 3 is 1.15 bits per heavy atom. The number of nitrogens with one attached hydrogen (secondary N) is 1. The molecule has 0 aliphatic carbocycles. The van der Waals surface area contributed by atoms with Crippen LogP contribution in [0.5, 0.6) is 0 Å². The number of carboxylic acid groups (broad SMARTS) is 1. The molecule has 12 rings (SSSR count). The molecule has 3 aliphatic heterocycles. The summed E-state index contributed by atoms with van der Waals surface area (Å²) >= 11 is 0. The van der Waals surface area contributed by atoms with E-state index in [1.54, 1.807) is 91.8 Å². The van der Waals surface area contributed by atoms with E-state index in [-0.39, 0.29) is 107 Å². The number of hydrogen-bond acceptors (Lipinski definition) is 20. The number of methoxy groups -OCH3 is 2. The maximum Gasteiger partial charge on any atom is 0.411 e. The van der Waals surface area contributed by atoms with Gasteiger partial charge < -0.3 is 61.8 Å². The standard InChI is InChI=1S/C32H38FN3O7.C27H30FN3O5.C24H25FN2O4.C8H16O2.CO2/c1-6-42-28(37)15-16-34(20-29(38)41-5)30(39)26-17-24-23-9-7-8-10-25(23)35(18-21-11-13-22(33)14-12-21)27(24)19-36(26)31(40)43-32(2,3)4;1-3-36-25(32)12-13-30(17-26(33)35-2)27(34)22-14-21-20-6-4-5-7-23(20)31(24(21)15-29-22)16-18-8-10-19(28)11-9-18;1-24(2,3)31-23(30)27-14-21-18(12-20(27)22(28)29)17-6-4-5-7-19(17)26(21)13-15-8-10-16(25)11-9-15;1-3-5-6-7-8(9)10-4-2;2-1-3/h7-14,26H,6,15-20H2,1-5H3;4-11,22,29H,3,12-17H2,1-2H3;4-11,20H,12-14H2,1-3H3,(H,28,29);3-7H2,1-2H3;. The molecular weight excluding hydrogens is 1590 g/mol. The van der Waals surface area contributed by atoms with E-state index in [4.69, 9.17) is 42.7 Å². The van der Waals surface area contributed by atoms with Crippen LogP contribution in [0.4, 0.5) is 22.8 Å². The van der Waals surface area contributed by atoms with Crippen molar-refractivity contribution in [3.63, 3.8) is 0 Å². The van der Waals surface area contributed by atoms with Crippen molar-refractivity contribution in [1.82, 2.24) is 38.6 Å². The van der Waals surface area contributed by atoms with Crippen LogP contribution < -0.4 is 5.32 Å². The highest BCUT2D eigenvalue weighted by molar-refractivity contribution is 5.94. The number of carbonyl (C=O) groups excluding carboxylic acids is 11. The van der Waals surface area contributed by atoms with Crippen molar-refractivity contribution in [2.24, 2.45) is 0 Å². The minimum atomic E-state index is -1.06. The average molecular weight is 1700 g/mol. The molecule has 3 aliphatic rings. The molecule has 658 valence electrons. The third-order valence-electron chi connectivity index (χ3n) is 20.4. The number of carboxylic acids is 1. The summed E-state index contributed by atoms with van der Waals surface area (Å²) in [4.78, 5) is 147. The van der Waals surface area contributed by atoms with Crippen LogP contribution in [-0.4, -0.2) is 194 Å². The SMILES string of the molecule is CC(C)(C)OC(=O)N1Cc2c(c3ccccc3n2Cc2ccc(F)cc2)CC1C(=O)O.CCCCCC(=O)OCC.CCOC(=O)CCN(CC(=O)OC)C(=O)C1Cc2c(n(Cc3ccc(F)cc3)c3ccccc23)CN1.CCOC(=O)CCN(CC(=O)OC)C(=O)C1Cc2c(n(Cc3ccc(F)cc3)c3ccccc23)CN1C(=O)OC(C)(C)C.O=C=O. The molecule has 0 bridgehead atoms. The fourth-order valence-electron chi connectivity index (χ4n) is 14.8. The molecule has 123 heavy (non-hydrogen) atoms. The first-order valence-electron chi connectivity index (χ1n) is 40.8. The van der Waals surface area contributed by atoms with Crippen LogP contribution in [0.15, 0.2) is 146 Å². The number of unbranched alkanes of at least 4 members (excludes halogenated alkanes) is 2. The number of rotatable bonds is 26. The van der Waals surface area contributed by atoms with Crippen LogP contribution in [0.3, 0.4) is 0 Å². The van der Waals surface area contributed by atoms with Crippen molar-refractivity contribution in [2.45, 2.75) is 196 Å². The third-order valence-corrected chi connectivity index (χ3v) is 20.4. The zero-order valence-electron chi connectivity index (χ0n) is 71.6. The molecule has 3 aromatic heterocycles. The Morgan fingerprint density at radius 2 is 0.797 bits per heavy atom. The second-order valence-electron chi connectivity index (χ2n) is 31.2. The molecule has 28 nitrogen and oxygen atoms in total. The maximum atomic E-state index is 14.2. The number of hydrogen-bond donors (Lipinski definition) is 2. The monoisotopic (exact) mass is 1700 g/mol. The maximum absolute atomic E-state index is 14.2. The zero-order valence-corrected chi connectivity index (χ0v) is 71.6. The molecule has 0 saturated heterocycles. The highest BCUT2D eigenvalue weighted by Gasteiger charge is 2.44. The van der Waals surface area contributed by atoms with E-state index in [0.29, 0.717) is 45.6 Å². The second kappa shape index (κ2) is 45.3. The summed E-state index contributed by atoms with van der Waals surface area (Å²) in [6, 6.07) is 39.9. The van der Waals surface area contributed by atoms with Crippen LogP contribution >= 0.6 is 0 Å². The lowest BCUT2D eigenvalue weighted by molar-refractivity contribution is -0.192. The number of benzene rings is 6. The number of halogens is 3. The predicted octanol–water partition coefficient (Wildman–Crippen LogP) is 13.4. The first kappa shape index (κ1) is 95.8. The Hall–Kier alpha value is -12.6. The van der Waals surface area contributed by atoms with E-state index >= 15 is 0 Å². The number of esters is 5. The van der Waals surface area contributed by atoms with Gasteiger partial charge in [-0.1, -0.05) is 111 Å². The molecule has 0 radical (unpaired) electrons. The van der Waals surface area contributed by atoms with E-state index in [1.165, 1.54) is 70.2 Å². The minimum absolute atomic E-state index is 0.00841. The van der Waals surface area contributed by atoms with E-state index in [0.717, 1.165) is 102 Å². The highest BCUT2D eigenvalue weighted by atomic mass is 19.1. The molecule has 3 atom stereocenters. The summed E-state index contributed by atoms with van der Waals surface area (Å²) in [5, 5.41) is 16.1. The molecule has 2 N–H and O–H groups in total. The Labute approximate surface area is 712 Å². The topological polar surface area (TPSA) is 329 Å². The molecule has 6 heterocycles. The van der Waals surface area contributed by atoms with Gasteiger partial charge in [0.05, 0.1) is 66.0 Å². The lowest BCUT2D eigenvalue weighted by Gasteiger charge is -2.38. The van der Waals surface area contributed by atoms with Gasteiger partial charge in [-0.15, -0.1) is 0 Å². The fourth-order valence-corrected chi connectivity index (χ4v) is 14.8. The van der Waals surface area contributed by atoms with Gasteiger partial charge in [0.25, 0.3) is 0 Å². The Kier molecular flexibility index (Phi) is 35.3. The summed E-state index contributed by atoms with van der Waals surface area (Å²) < 4.78 is 82.3. The average Bonchev–Trinajstić information content (AvgIpc) is 1.64. The molecule has 0 spiro atoms. The van der Waals surface area contributed by atoms with Crippen LogP contribution in [0.2, 0.25) is 0 Å². The van der Waals surface area contributed by atoms with E-state index in [1.807, 2.05) is 79.7 Å². The van der Waals surface area contributed by atoms with Crippen LogP contribution in [0.1, 0.15) is 158 Å². The third kappa shape index (κ3) is 26.7. The van der Waals surface area contributed by atoms with E-state index in [9.17, 15) is 66.2 Å². The molecule has 31 heteroatoms. The first-order valence-corrected chi connectivity index (χ1v) is 40.8. The fraction of sp³-hybridized carbons (Fsp3) is 0.424. The van der Waals surface area contributed by atoms with Crippen LogP contribution in [-0.2, 0) is 140 Å². The van der Waals surface area contributed by atoms with Crippen LogP contribution in [0.25, 0.3) is 32.7 Å². The quantitative estimate of drug-likeness (QED) is 0.0289. The largest absolute Gasteiger partial charge is 0.480 e. The summed E-state index contributed by atoms with van der Waals surface area (Å²) in [6.07, 6.45) is 3.39. The summed E-state index contributed by atoms with van der Waals surface area (Å²) in [5.74, 6) is -4.97. The van der Waals surface area contributed by atoms with Gasteiger partial charge in [0.1, 0.15) is 53.8 Å². The van der Waals surface area contributed by atoms with Gasteiger partial charge in [-0.05, 0) is 163 Å². The number of carbonyl (C=O) groups is 10. The summed E-state index contributed by atoms with van der Waals surface area (Å²) in [7, 11) is 2.48. The summed E-state index contributed by atoms with van der Waals surface area (Å²) in [5.41, 5.74) is 9.71. The van der Waals surface area contributed by atoms with Crippen molar-refractivity contribution in [3.05, 3.63) is 214 Å². The molecule has 6 aromatic carbocycles. The number of fused-ring (bicyclic) bond motifs is 9. The second-order valence-corrected chi connectivity index (χ2v) is 31.2. The highest BCUT2D eigenvalue weighted by Crippen LogP contribution is 2.38. The van der Waals surface area contributed by atoms with Crippen molar-refractivity contribution in [3.8, 4) is 0 Å². The predicted molar refractivity (Wildman–Crippen MR) is 448 cm³/mol. The number of nitrogens with zero attached hydrogens (tertiary/aromatic N) is 7. The van der Waals surface area contributed by atoms with Gasteiger partial charge in [0.2, 0.25) is 11.8 Å². The van der Waals surface area contributed by atoms with Crippen molar-refractivity contribution in [1.29, 1.82) is 0 Å². The van der Waals surface area contributed by atoms with Crippen molar-refractivity contribution in [2.75, 3.05) is 60.2 Å². The molecule has 9 aromatic rings. The smallest absolute Gasteiger partial charge is 0.411 e. The van der Waals surface area contributed by atoms with Gasteiger partial charge in [0, 0.05) is 108 Å². The number of amides is 4. The van der Waals surface area contributed by atoms with Gasteiger partial charge in [0.15, 0.2) is 0 Å². The molecule has 0 fully saturated rings. The summed E-state index contributed by atoms with van der Waals surface area (Å²) in [6.45, 7) is 20.2.